The van der Waals surface area contributed by atoms with Gasteiger partial charge in [-0.1, -0.05) is 37.3 Å². The van der Waals surface area contributed by atoms with Crippen LogP contribution < -0.4 is 4.90 Å². The highest BCUT2D eigenvalue weighted by atomic mass is 19.1. The lowest BCUT2D eigenvalue weighted by molar-refractivity contribution is -0.133. The Morgan fingerprint density at radius 3 is 2.21 bits per heavy atom. The van der Waals surface area contributed by atoms with E-state index in [1.165, 1.54) is 12.1 Å². The Hall–Kier alpha value is -2.36. The van der Waals surface area contributed by atoms with E-state index in [0.29, 0.717) is 13.1 Å². The second-order valence-electron chi connectivity index (χ2n) is 6.16. The van der Waals surface area contributed by atoms with Crippen molar-refractivity contribution in [3.05, 3.63) is 66.0 Å². The lowest BCUT2D eigenvalue weighted by Crippen LogP contribution is -2.50. The van der Waals surface area contributed by atoms with Gasteiger partial charge in [-0.2, -0.15) is 0 Å². The van der Waals surface area contributed by atoms with Crippen molar-refractivity contribution >= 4 is 11.6 Å². The molecule has 2 aromatic rings. The van der Waals surface area contributed by atoms with E-state index in [1.54, 1.807) is 12.1 Å². The van der Waals surface area contributed by atoms with Crippen molar-refractivity contribution in [3.8, 4) is 0 Å². The van der Waals surface area contributed by atoms with Crippen molar-refractivity contribution in [1.82, 2.24) is 4.90 Å². The third kappa shape index (κ3) is 3.58. The van der Waals surface area contributed by atoms with Crippen LogP contribution in [0.15, 0.2) is 54.6 Å². The number of hydrogen-bond acceptors (Lipinski definition) is 2. The molecule has 1 amide bonds. The zero-order valence-corrected chi connectivity index (χ0v) is 14.0. The van der Waals surface area contributed by atoms with Crippen molar-refractivity contribution in [2.24, 2.45) is 0 Å². The van der Waals surface area contributed by atoms with Crippen molar-refractivity contribution in [2.75, 3.05) is 31.1 Å². The van der Waals surface area contributed by atoms with Gasteiger partial charge in [0.2, 0.25) is 5.91 Å². The molecule has 0 aliphatic carbocycles. The maximum atomic E-state index is 13.0. The smallest absolute Gasteiger partial charge is 0.230 e. The highest BCUT2D eigenvalue weighted by Crippen LogP contribution is 2.24. The van der Waals surface area contributed by atoms with E-state index in [2.05, 4.69) is 11.8 Å². The number of rotatable bonds is 4. The summed E-state index contributed by atoms with van der Waals surface area (Å²) in [5, 5.41) is 0. The molecule has 1 atom stereocenters. The number of amides is 1. The van der Waals surface area contributed by atoms with E-state index in [9.17, 15) is 9.18 Å². The average Bonchev–Trinajstić information content (AvgIpc) is 2.64. The van der Waals surface area contributed by atoms with Gasteiger partial charge in [0.05, 0.1) is 5.92 Å². The minimum Gasteiger partial charge on any atom is -0.368 e. The normalized spacial score (nSPS) is 16.1. The molecule has 1 saturated heterocycles. The number of carbonyl (C=O) groups is 1. The Morgan fingerprint density at radius 2 is 1.62 bits per heavy atom. The van der Waals surface area contributed by atoms with Gasteiger partial charge < -0.3 is 9.80 Å². The zero-order chi connectivity index (χ0) is 16.9. The predicted octanol–water partition coefficient (Wildman–Crippen LogP) is 3.67. The summed E-state index contributed by atoms with van der Waals surface area (Å²) in [6.07, 6.45) is 0.807. The van der Waals surface area contributed by atoms with Crippen LogP contribution in [0.1, 0.15) is 24.8 Å². The summed E-state index contributed by atoms with van der Waals surface area (Å²) in [7, 11) is 0. The molecule has 0 aromatic heterocycles. The fraction of sp³-hybridized carbons (Fsp3) is 0.350. The fourth-order valence-corrected chi connectivity index (χ4v) is 3.30. The van der Waals surface area contributed by atoms with Crippen LogP contribution in [0.25, 0.3) is 0 Å². The van der Waals surface area contributed by atoms with E-state index in [-0.39, 0.29) is 17.6 Å². The Labute approximate surface area is 142 Å². The lowest BCUT2D eigenvalue weighted by atomic mass is 9.95. The summed E-state index contributed by atoms with van der Waals surface area (Å²) in [5.74, 6) is -0.0766. The predicted molar refractivity (Wildman–Crippen MR) is 94.7 cm³/mol. The monoisotopic (exact) mass is 326 g/mol. The number of nitrogens with zero attached hydrogens (tertiary/aromatic N) is 2. The first-order valence-electron chi connectivity index (χ1n) is 8.53. The number of piperazine rings is 1. The van der Waals surface area contributed by atoms with Crippen molar-refractivity contribution in [2.45, 2.75) is 19.3 Å². The standard InChI is InChI=1S/C20H23FN2O/c1-2-19(16-6-4-3-5-7-16)20(24)23-14-12-22(13-15-23)18-10-8-17(21)9-11-18/h3-11,19H,2,12-15H2,1H3/t19-/m0/s1. The van der Waals surface area contributed by atoms with Crippen molar-refractivity contribution < 1.29 is 9.18 Å². The van der Waals surface area contributed by atoms with Crippen LogP contribution in [0, 0.1) is 5.82 Å². The molecule has 0 radical (unpaired) electrons. The maximum absolute atomic E-state index is 13.0. The summed E-state index contributed by atoms with van der Waals surface area (Å²) in [4.78, 5) is 17.0. The van der Waals surface area contributed by atoms with Gasteiger partial charge in [0.25, 0.3) is 0 Å². The molecule has 3 nitrogen and oxygen atoms in total. The van der Waals surface area contributed by atoms with Crippen LogP contribution in [0.2, 0.25) is 0 Å². The molecule has 0 spiro atoms. The molecule has 0 unspecified atom stereocenters. The summed E-state index contributed by atoms with van der Waals surface area (Å²) in [6, 6.07) is 16.6. The molecular weight excluding hydrogens is 303 g/mol. The topological polar surface area (TPSA) is 23.6 Å². The first kappa shape index (κ1) is 16.5. The Bertz CT molecular complexity index is 664. The summed E-state index contributed by atoms with van der Waals surface area (Å²) < 4.78 is 13.0. The number of halogens is 1. The van der Waals surface area contributed by atoms with E-state index >= 15 is 0 Å². The largest absolute Gasteiger partial charge is 0.368 e. The number of hydrogen-bond donors (Lipinski definition) is 0. The van der Waals surface area contributed by atoms with Gasteiger partial charge >= 0.3 is 0 Å². The SMILES string of the molecule is CC[C@H](C(=O)N1CCN(c2ccc(F)cc2)CC1)c1ccccc1. The summed E-state index contributed by atoms with van der Waals surface area (Å²) in [5.41, 5.74) is 2.10. The Kier molecular flexibility index (Phi) is 5.14. The van der Waals surface area contributed by atoms with Crippen LogP contribution in [0.5, 0.6) is 0 Å². The van der Waals surface area contributed by atoms with Crippen molar-refractivity contribution in [3.63, 3.8) is 0 Å². The zero-order valence-electron chi connectivity index (χ0n) is 14.0. The van der Waals surface area contributed by atoms with Crippen LogP contribution in [0.3, 0.4) is 0 Å². The van der Waals surface area contributed by atoms with Crippen LogP contribution >= 0.6 is 0 Å². The maximum Gasteiger partial charge on any atom is 0.230 e. The summed E-state index contributed by atoms with van der Waals surface area (Å²) >= 11 is 0. The Morgan fingerprint density at radius 1 is 1.00 bits per heavy atom. The van der Waals surface area contributed by atoms with E-state index < -0.39 is 0 Å². The third-order valence-corrected chi connectivity index (χ3v) is 4.69. The quantitative estimate of drug-likeness (QED) is 0.856. The van der Waals surface area contributed by atoms with E-state index in [0.717, 1.165) is 30.8 Å². The van der Waals surface area contributed by atoms with E-state index in [4.69, 9.17) is 0 Å². The average molecular weight is 326 g/mol. The molecule has 0 N–H and O–H groups in total. The van der Waals surface area contributed by atoms with Gasteiger partial charge in [-0.3, -0.25) is 4.79 Å². The minimum absolute atomic E-state index is 0.0661. The highest BCUT2D eigenvalue weighted by molar-refractivity contribution is 5.84. The number of anilines is 1. The van der Waals surface area contributed by atoms with Crippen molar-refractivity contribution in [1.29, 1.82) is 0 Å². The lowest BCUT2D eigenvalue weighted by Gasteiger charge is -2.37. The molecule has 2 aromatic carbocycles. The molecule has 0 bridgehead atoms. The van der Waals surface area contributed by atoms with Gasteiger partial charge in [0, 0.05) is 31.9 Å². The molecule has 3 rings (SSSR count). The molecule has 1 aliphatic rings. The first-order valence-corrected chi connectivity index (χ1v) is 8.53. The van der Waals surface area contributed by atoms with Crippen LogP contribution in [-0.2, 0) is 4.79 Å². The molecule has 0 saturated carbocycles. The molecule has 126 valence electrons. The highest BCUT2D eigenvalue weighted by Gasteiger charge is 2.27. The number of benzene rings is 2. The molecule has 1 aliphatic heterocycles. The summed E-state index contributed by atoms with van der Waals surface area (Å²) in [6.45, 7) is 5.04. The second-order valence-corrected chi connectivity index (χ2v) is 6.16. The Balaban J connectivity index is 1.63. The van der Waals surface area contributed by atoms with Crippen LogP contribution in [-0.4, -0.2) is 37.0 Å². The third-order valence-electron chi connectivity index (χ3n) is 4.69. The van der Waals surface area contributed by atoms with Gasteiger partial charge in [0.15, 0.2) is 0 Å². The molecule has 1 heterocycles. The minimum atomic E-state index is -0.221. The fourth-order valence-electron chi connectivity index (χ4n) is 3.30. The first-order chi connectivity index (χ1) is 11.7. The molecule has 4 heteroatoms. The van der Waals surface area contributed by atoms with Gasteiger partial charge in [-0.25, -0.2) is 4.39 Å². The van der Waals surface area contributed by atoms with Crippen LogP contribution in [0.4, 0.5) is 10.1 Å². The van der Waals surface area contributed by atoms with Gasteiger partial charge in [-0.05, 0) is 36.2 Å². The second kappa shape index (κ2) is 7.47. The van der Waals surface area contributed by atoms with Gasteiger partial charge in [-0.15, -0.1) is 0 Å². The molecule has 1 fully saturated rings. The molecule has 24 heavy (non-hydrogen) atoms. The molecular formula is C20H23FN2O. The number of carbonyl (C=O) groups excluding carboxylic acids is 1. The van der Waals surface area contributed by atoms with E-state index in [1.807, 2.05) is 35.2 Å². The van der Waals surface area contributed by atoms with Gasteiger partial charge in [0.1, 0.15) is 5.82 Å².